The summed E-state index contributed by atoms with van der Waals surface area (Å²) < 4.78 is 2.22. The number of H-pyrrole nitrogens is 1. The van der Waals surface area contributed by atoms with Crippen molar-refractivity contribution in [1.29, 1.82) is 0 Å². The largest absolute Gasteiger partial charge is 0.300 e. The van der Waals surface area contributed by atoms with Gasteiger partial charge in [0.2, 0.25) is 11.8 Å². The minimum absolute atomic E-state index is 0.175. The fourth-order valence-electron chi connectivity index (χ4n) is 2.29. The van der Waals surface area contributed by atoms with Gasteiger partial charge in [-0.2, -0.15) is 5.10 Å². The van der Waals surface area contributed by atoms with E-state index < -0.39 is 0 Å². The van der Waals surface area contributed by atoms with Crippen LogP contribution in [0.4, 0.5) is 0 Å². The van der Waals surface area contributed by atoms with Crippen LogP contribution in [0.1, 0.15) is 32.3 Å². The van der Waals surface area contributed by atoms with Crippen LogP contribution in [0, 0.1) is 17.6 Å². The Morgan fingerprint density at radius 1 is 1.20 bits per heavy atom. The number of aromatic amines is 1. The molecule has 0 aliphatic carbocycles. The molecule has 0 saturated carbocycles. The van der Waals surface area contributed by atoms with Crippen LogP contribution in [-0.4, -0.2) is 26.6 Å². The maximum atomic E-state index is 11.9. The molecule has 0 fully saturated rings. The van der Waals surface area contributed by atoms with Crippen LogP contribution in [0.3, 0.4) is 0 Å². The second kappa shape index (κ2) is 8.57. The number of hydrogen-bond acceptors (Lipinski definition) is 4. The molecule has 0 atom stereocenters. The van der Waals surface area contributed by atoms with Gasteiger partial charge in [-0.25, -0.2) is 0 Å². The van der Waals surface area contributed by atoms with Crippen LogP contribution >= 0.6 is 12.2 Å². The van der Waals surface area contributed by atoms with Crippen LogP contribution in [0.5, 0.6) is 0 Å². The van der Waals surface area contributed by atoms with E-state index in [4.69, 9.17) is 12.2 Å². The summed E-state index contributed by atoms with van der Waals surface area (Å²) in [6.07, 6.45) is 0.541. The Bertz CT molecular complexity index is 792. The van der Waals surface area contributed by atoms with Gasteiger partial charge in [0.05, 0.1) is 0 Å². The lowest BCUT2D eigenvalue weighted by molar-refractivity contribution is -0.129. The normalized spacial score (nSPS) is 10.7. The SMILES string of the molecule is Cc1ccc(-c2n[nH]c(=S)n2CCC(=O)NNC(=O)CC(C)C)cc1. The summed E-state index contributed by atoms with van der Waals surface area (Å²) in [4.78, 5) is 23.5. The molecular formula is C17H23N5O2S. The van der Waals surface area contributed by atoms with Gasteiger partial charge < -0.3 is 0 Å². The summed E-state index contributed by atoms with van der Waals surface area (Å²) in [6, 6.07) is 7.91. The summed E-state index contributed by atoms with van der Waals surface area (Å²) in [6.45, 7) is 6.26. The fourth-order valence-corrected chi connectivity index (χ4v) is 2.51. The topological polar surface area (TPSA) is 91.8 Å². The maximum absolute atomic E-state index is 11.9. The molecule has 7 nitrogen and oxygen atoms in total. The molecule has 134 valence electrons. The predicted octanol–water partition coefficient (Wildman–Crippen LogP) is 2.50. The molecule has 0 spiro atoms. The molecule has 1 heterocycles. The highest BCUT2D eigenvalue weighted by Gasteiger charge is 2.11. The first kappa shape index (κ1) is 18.9. The molecule has 8 heteroatoms. The van der Waals surface area contributed by atoms with Gasteiger partial charge in [-0.1, -0.05) is 43.7 Å². The van der Waals surface area contributed by atoms with Gasteiger partial charge in [0.25, 0.3) is 0 Å². The molecule has 25 heavy (non-hydrogen) atoms. The van der Waals surface area contributed by atoms with Gasteiger partial charge in [-0.3, -0.25) is 30.1 Å². The average Bonchev–Trinajstić information content (AvgIpc) is 2.92. The van der Waals surface area contributed by atoms with E-state index in [9.17, 15) is 9.59 Å². The van der Waals surface area contributed by atoms with Crippen LogP contribution in [0.25, 0.3) is 11.4 Å². The number of rotatable bonds is 6. The Morgan fingerprint density at radius 2 is 1.84 bits per heavy atom. The Balaban J connectivity index is 1.96. The molecule has 1 aromatic carbocycles. The Hall–Kier alpha value is -2.48. The van der Waals surface area contributed by atoms with E-state index in [1.165, 1.54) is 0 Å². The Labute approximate surface area is 151 Å². The molecule has 0 unspecified atom stereocenters. The second-order valence-corrected chi connectivity index (χ2v) is 6.70. The quantitative estimate of drug-likeness (QED) is 0.544. The number of hydrogen-bond donors (Lipinski definition) is 3. The van der Waals surface area contributed by atoms with Gasteiger partial charge in [0, 0.05) is 24.9 Å². The molecule has 3 N–H and O–H groups in total. The third-order valence-electron chi connectivity index (χ3n) is 3.57. The third-order valence-corrected chi connectivity index (χ3v) is 3.88. The number of carbonyl (C=O) groups excluding carboxylic acids is 2. The highest BCUT2D eigenvalue weighted by atomic mass is 32.1. The van der Waals surface area contributed by atoms with Gasteiger partial charge in [0.1, 0.15) is 0 Å². The highest BCUT2D eigenvalue weighted by Crippen LogP contribution is 2.18. The lowest BCUT2D eigenvalue weighted by Gasteiger charge is -2.10. The van der Waals surface area contributed by atoms with Crippen molar-refractivity contribution in [2.75, 3.05) is 0 Å². The number of hydrazine groups is 1. The monoisotopic (exact) mass is 361 g/mol. The first-order valence-corrected chi connectivity index (χ1v) is 8.57. The molecule has 0 radical (unpaired) electrons. The van der Waals surface area contributed by atoms with Gasteiger partial charge >= 0.3 is 0 Å². The van der Waals surface area contributed by atoms with Crippen LogP contribution in [0.15, 0.2) is 24.3 Å². The van der Waals surface area contributed by atoms with Crippen molar-refractivity contribution in [1.82, 2.24) is 25.6 Å². The van der Waals surface area contributed by atoms with E-state index in [2.05, 4.69) is 21.0 Å². The standard InChI is InChI=1S/C17H23N5O2S/c1-11(2)10-15(24)19-18-14(23)8-9-22-16(20-21-17(22)25)13-6-4-12(3)5-7-13/h4-7,11H,8-10H2,1-3H3,(H,18,23)(H,19,24)(H,21,25). The van der Waals surface area contributed by atoms with Crippen molar-refractivity contribution >= 4 is 24.0 Å². The molecule has 2 aromatic rings. The Kier molecular flexibility index (Phi) is 6.46. The highest BCUT2D eigenvalue weighted by molar-refractivity contribution is 7.71. The minimum Gasteiger partial charge on any atom is -0.300 e. The van der Waals surface area contributed by atoms with Crippen LogP contribution in [0.2, 0.25) is 0 Å². The van der Waals surface area contributed by atoms with Gasteiger partial charge in [-0.15, -0.1) is 0 Å². The summed E-state index contributed by atoms with van der Waals surface area (Å²) in [5.41, 5.74) is 6.91. The van der Waals surface area contributed by atoms with Crippen LogP contribution in [-0.2, 0) is 16.1 Å². The fraction of sp³-hybridized carbons (Fsp3) is 0.412. The van der Waals surface area contributed by atoms with Crippen molar-refractivity contribution in [3.63, 3.8) is 0 Å². The van der Waals surface area contributed by atoms with E-state index in [0.717, 1.165) is 11.1 Å². The van der Waals surface area contributed by atoms with Gasteiger partial charge in [0.15, 0.2) is 10.6 Å². The van der Waals surface area contributed by atoms with Crippen molar-refractivity contribution in [2.45, 2.75) is 40.2 Å². The minimum atomic E-state index is -0.282. The lowest BCUT2D eigenvalue weighted by atomic mass is 10.1. The predicted molar refractivity (Wildman–Crippen MR) is 97.9 cm³/mol. The van der Waals surface area contributed by atoms with Crippen molar-refractivity contribution < 1.29 is 9.59 Å². The molecule has 0 saturated heterocycles. The number of benzene rings is 1. The van der Waals surface area contributed by atoms with E-state index in [0.29, 0.717) is 23.6 Å². The summed E-state index contributed by atoms with van der Waals surface area (Å²) in [5.74, 6) is 0.429. The van der Waals surface area contributed by atoms with Crippen molar-refractivity contribution in [3.8, 4) is 11.4 Å². The lowest BCUT2D eigenvalue weighted by Crippen LogP contribution is -2.42. The number of amides is 2. The number of aromatic nitrogens is 3. The van der Waals surface area contributed by atoms with E-state index >= 15 is 0 Å². The van der Waals surface area contributed by atoms with Crippen molar-refractivity contribution in [2.24, 2.45) is 5.92 Å². The van der Waals surface area contributed by atoms with Crippen LogP contribution < -0.4 is 10.9 Å². The first-order valence-electron chi connectivity index (χ1n) is 8.16. The zero-order valence-electron chi connectivity index (χ0n) is 14.6. The molecule has 2 amide bonds. The molecule has 0 aliphatic heterocycles. The third kappa shape index (κ3) is 5.53. The van der Waals surface area contributed by atoms with E-state index in [1.54, 1.807) is 4.57 Å². The summed E-state index contributed by atoms with van der Waals surface area (Å²) >= 11 is 5.25. The Morgan fingerprint density at radius 3 is 2.48 bits per heavy atom. The molecule has 2 rings (SSSR count). The molecule has 1 aromatic heterocycles. The average molecular weight is 361 g/mol. The molecule has 0 bridgehead atoms. The maximum Gasteiger partial charge on any atom is 0.240 e. The van der Waals surface area contributed by atoms with Crippen molar-refractivity contribution in [3.05, 3.63) is 34.6 Å². The smallest absolute Gasteiger partial charge is 0.240 e. The summed E-state index contributed by atoms with van der Waals surface area (Å²) in [5, 5.41) is 7.01. The number of carbonyl (C=O) groups is 2. The number of nitrogens with zero attached hydrogens (tertiary/aromatic N) is 2. The van der Waals surface area contributed by atoms with E-state index in [1.807, 2.05) is 45.0 Å². The number of nitrogens with one attached hydrogen (secondary N) is 3. The number of aryl methyl sites for hydroxylation is 1. The molecule has 0 aliphatic rings. The zero-order chi connectivity index (χ0) is 18.4. The first-order chi connectivity index (χ1) is 11.9. The molecular weight excluding hydrogens is 338 g/mol. The van der Waals surface area contributed by atoms with Gasteiger partial charge in [-0.05, 0) is 25.1 Å². The zero-order valence-corrected chi connectivity index (χ0v) is 15.4. The summed E-state index contributed by atoms with van der Waals surface area (Å²) in [7, 11) is 0. The van der Waals surface area contributed by atoms with E-state index in [-0.39, 0.29) is 24.2 Å². The second-order valence-electron chi connectivity index (χ2n) is 6.31.